The second-order valence-electron chi connectivity index (χ2n) is 3.56. The van der Waals surface area contributed by atoms with E-state index in [1.54, 1.807) is 31.2 Å². The van der Waals surface area contributed by atoms with E-state index in [-0.39, 0.29) is 11.3 Å². The highest BCUT2D eigenvalue weighted by Crippen LogP contribution is 2.30. The standard InChI is InChI=1S/C14H12F2O/c1-2-17-13-9-11(15)8-12(14(13)16)10-6-4-3-5-7-10/h3-9H,2H2,1H3. The molecule has 0 amide bonds. The molecule has 17 heavy (non-hydrogen) atoms. The largest absolute Gasteiger partial charge is 0.491 e. The van der Waals surface area contributed by atoms with Crippen molar-refractivity contribution in [3.63, 3.8) is 0 Å². The van der Waals surface area contributed by atoms with E-state index < -0.39 is 11.6 Å². The van der Waals surface area contributed by atoms with Crippen LogP contribution in [0.3, 0.4) is 0 Å². The second kappa shape index (κ2) is 4.95. The minimum absolute atomic E-state index is 0.0497. The van der Waals surface area contributed by atoms with Gasteiger partial charge in [-0.2, -0.15) is 0 Å². The number of benzene rings is 2. The first-order valence-electron chi connectivity index (χ1n) is 5.39. The molecule has 2 aromatic rings. The third-order valence-corrected chi connectivity index (χ3v) is 2.39. The molecule has 0 aliphatic heterocycles. The summed E-state index contributed by atoms with van der Waals surface area (Å²) in [4.78, 5) is 0. The van der Waals surface area contributed by atoms with Gasteiger partial charge in [0.2, 0.25) is 0 Å². The predicted molar refractivity (Wildman–Crippen MR) is 63.0 cm³/mol. The van der Waals surface area contributed by atoms with Crippen LogP contribution in [0.1, 0.15) is 6.92 Å². The van der Waals surface area contributed by atoms with Crippen LogP contribution in [0.5, 0.6) is 5.75 Å². The van der Waals surface area contributed by atoms with E-state index in [9.17, 15) is 8.78 Å². The number of halogens is 2. The van der Waals surface area contributed by atoms with Crippen molar-refractivity contribution in [1.29, 1.82) is 0 Å². The summed E-state index contributed by atoms with van der Waals surface area (Å²) in [7, 11) is 0. The highest BCUT2D eigenvalue weighted by molar-refractivity contribution is 5.66. The first-order chi connectivity index (χ1) is 8.22. The van der Waals surface area contributed by atoms with Gasteiger partial charge in [0, 0.05) is 11.6 Å². The lowest BCUT2D eigenvalue weighted by molar-refractivity contribution is 0.320. The third kappa shape index (κ3) is 2.44. The maximum Gasteiger partial charge on any atom is 0.173 e. The molecule has 0 N–H and O–H groups in total. The molecule has 0 spiro atoms. The van der Waals surface area contributed by atoms with Crippen molar-refractivity contribution in [2.45, 2.75) is 6.92 Å². The van der Waals surface area contributed by atoms with E-state index in [1.165, 1.54) is 6.07 Å². The molecule has 0 atom stereocenters. The molecule has 2 aromatic carbocycles. The van der Waals surface area contributed by atoms with Crippen LogP contribution < -0.4 is 4.74 Å². The van der Waals surface area contributed by atoms with Crippen molar-refractivity contribution in [2.24, 2.45) is 0 Å². The van der Waals surface area contributed by atoms with Crippen molar-refractivity contribution in [3.05, 3.63) is 54.1 Å². The summed E-state index contributed by atoms with van der Waals surface area (Å²) in [6.45, 7) is 2.03. The maximum absolute atomic E-state index is 14.0. The molecule has 0 heterocycles. The van der Waals surface area contributed by atoms with Crippen LogP contribution in [0.25, 0.3) is 11.1 Å². The van der Waals surface area contributed by atoms with Crippen molar-refractivity contribution in [2.75, 3.05) is 6.61 Å². The van der Waals surface area contributed by atoms with Crippen molar-refractivity contribution >= 4 is 0 Å². The SMILES string of the molecule is CCOc1cc(F)cc(-c2ccccc2)c1F. The molecule has 0 bridgehead atoms. The molecule has 0 aliphatic rings. The summed E-state index contributed by atoms with van der Waals surface area (Å²) in [6.07, 6.45) is 0. The summed E-state index contributed by atoms with van der Waals surface area (Å²) in [5.41, 5.74) is 0.847. The summed E-state index contributed by atoms with van der Waals surface area (Å²) in [5, 5.41) is 0. The van der Waals surface area contributed by atoms with E-state index >= 15 is 0 Å². The Kier molecular flexibility index (Phi) is 3.38. The Balaban J connectivity index is 2.54. The summed E-state index contributed by atoms with van der Waals surface area (Å²) >= 11 is 0. The van der Waals surface area contributed by atoms with Gasteiger partial charge in [0.15, 0.2) is 11.6 Å². The number of rotatable bonds is 3. The third-order valence-electron chi connectivity index (χ3n) is 2.39. The van der Waals surface area contributed by atoms with Gasteiger partial charge in [-0.1, -0.05) is 30.3 Å². The van der Waals surface area contributed by atoms with Gasteiger partial charge in [-0.05, 0) is 18.6 Å². The Hall–Kier alpha value is -1.90. The zero-order valence-electron chi connectivity index (χ0n) is 9.41. The van der Waals surface area contributed by atoms with Gasteiger partial charge in [0.25, 0.3) is 0 Å². The Morgan fingerprint density at radius 1 is 1.06 bits per heavy atom. The number of ether oxygens (including phenoxy) is 1. The second-order valence-corrected chi connectivity index (χ2v) is 3.56. The van der Waals surface area contributed by atoms with Crippen LogP contribution in [-0.2, 0) is 0 Å². The van der Waals surface area contributed by atoms with Crippen LogP contribution in [0.4, 0.5) is 8.78 Å². The molecule has 0 saturated carbocycles. The lowest BCUT2D eigenvalue weighted by Gasteiger charge is -2.09. The Bertz CT molecular complexity index is 509. The van der Waals surface area contributed by atoms with E-state index in [0.29, 0.717) is 12.2 Å². The van der Waals surface area contributed by atoms with Crippen LogP contribution in [-0.4, -0.2) is 6.61 Å². The van der Waals surface area contributed by atoms with E-state index in [4.69, 9.17) is 4.74 Å². The first-order valence-corrected chi connectivity index (χ1v) is 5.39. The molecule has 0 saturated heterocycles. The average molecular weight is 234 g/mol. The van der Waals surface area contributed by atoms with E-state index in [1.807, 2.05) is 6.07 Å². The molecular formula is C14H12F2O. The van der Waals surface area contributed by atoms with Gasteiger partial charge in [-0.15, -0.1) is 0 Å². The first kappa shape index (κ1) is 11.6. The van der Waals surface area contributed by atoms with Crippen LogP contribution in [0, 0.1) is 11.6 Å². The van der Waals surface area contributed by atoms with Gasteiger partial charge < -0.3 is 4.74 Å². The monoisotopic (exact) mass is 234 g/mol. The van der Waals surface area contributed by atoms with Crippen LogP contribution in [0.15, 0.2) is 42.5 Å². The minimum Gasteiger partial charge on any atom is -0.491 e. The minimum atomic E-state index is -0.528. The highest BCUT2D eigenvalue weighted by Gasteiger charge is 2.13. The zero-order chi connectivity index (χ0) is 12.3. The van der Waals surface area contributed by atoms with Crippen LogP contribution >= 0.6 is 0 Å². The van der Waals surface area contributed by atoms with Crippen molar-refractivity contribution in [1.82, 2.24) is 0 Å². The molecule has 0 unspecified atom stereocenters. The fourth-order valence-electron chi connectivity index (χ4n) is 1.65. The van der Waals surface area contributed by atoms with Gasteiger partial charge in [-0.3, -0.25) is 0 Å². The molecule has 3 heteroatoms. The normalized spacial score (nSPS) is 10.3. The molecular weight excluding hydrogens is 222 g/mol. The average Bonchev–Trinajstić information content (AvgIpc) is 2.35. The fourth-order valence-corrected chi connectivity index (χ4v) is 1.65. The smallest absolute Gasteiger partial charge is 0.173 e. The summed E-state index contributed by atoms with van der Waals surface area (Å²) in [6, 6.07) is 11.1. The maximum atomic E-state index is 14.0. The summed E-state index contributed by atoms with van der Waals surface area (Å²) < 4.78 is 32.5. The molecule has 0 fully saturated rings. The lowest BCUT2D eigenvalue weighted by atomic mass is 10.0. The Labute approximate surface area is 98.7 Å². The zero-order valence-corrected chi connectivity index (χ0v) is 9.41. The van der Waals surface area contributed by atoms with Gasteiger partial charge >= 0.3 is 0 Å². The lowest BCUT2D eigenvalue weighted by Crippen LogP contribution is -1.97. The fraction of sp³-hybridized carbons (Fsp3) is 0.143. The van der Waals surface area contributed by atoms with E-state index in [0.717, 1.165) is 6.07 Å². The molecule has 88 valence electrons. The molecule has 1 nitrogen and oxygen atoms in total. The van der Waals surface area contributed by atoms with Crippen molar-refractivity contribution in [3.8, 4) is 16.9 Å². The quantitative estimate of drug-likeness (QED) is 0.779. The topological polar surface area (TPSA) is 9.23 Å². The summed E-state index contributed by atoms with van der Waals surface area (Å²) in [5.74, 6) is -1.08. The molecule has 0 aliphatic carbocycles. The van der Waals surface area contributed by atoms with Crippen LogP contribution in [0.2, 0.25) is 0 Å². The Morgan fingerprint density at radius 3 is 2.41 bits per heavy atom. The molecule has 0 aromatic heterocycles. The van der Waals surface area contributed by atoms with Gasteiger partial charge in [-0.25, -0.2) is 8.78 Å². The van der Waals surface area contributed by atoms with Crippen molar-refractivity contribution < 1.29 is 13.5 Å². The molecule has 2 rings (SSSR count). The van der Waals surface area contributed by atoms with E-state index in [2.05, 4.69) is 0 Å². The predicted octanol–water partition coefficient (Wildman–Crippen LogP) is 4.03. The number of hydrogen-bond acceptors (Lipinski definition) is 1. The molecule has 0 radical (unpaired) electrons. The van der Waals surface area contributed by atoms with Gasteiger partial charge in [0.1, 0.15) is 5.82 Å². The number of hydrogen-bond donors (Lipinski definition) is 0. The Morgan fingerprint density at radius 2 is 1.76 bits per heavy atom. The highest BCUT2D eigenvalue weighted by atomic mass is 19.1. The van der Waals surface area contributed by atoms with Gasteiger partial charge in [0.05, 0.1) is 6.61 Å².